The van der Waals surface area contributed by atoms with Gasteiger partial charge in [-0.1, -0.05) is 6.58 Å². The highest BCUT2D eigenvalue weighted by Crippen LogP contribution is 2.04. The molecule has 0 N–H and O–H groups in total. The maximum atomic E-state index is 10.2. The van der Waals surface area contributed by atoms with Gasteiger partial charge in [-0.15, -0.1) is 0 Å². The zero-order chi connectivity index (χ0) is 8.85. The van der Waals surface area contributed by atoms with Gasteiger partial charge < -0.3 is 14.6 Å². The molecule has 1 atom stereocenters. The third-order valence-corrected chi connectivity index (χ3v) is 1.27. The highest BCUT2D eigenvalue weighted by molar-refractivity contribution is 5.83. The predicted octanol–water partition coefficient (Wildman–Crippen LogP) is 0.108. The summed E-state index contributed by atoms with van der Waals surface area (Å²) in [5.74, 6) is -1.20. The molecule has 0 aromatic carbocycles. The number of hydrogen-bond donors (Lipinski definition) is 0. The molecule has 0 radical (unpaired) electrons. The van der Waals surface area contributed by atoms with Crippen molar-refractivity contribution in [3.8, 4) is 0 Å². The van der Waals surface area contributed by atoms with Crippen LogP contribution in [0.5, 0.6) is 0 Å². The second-order valence-corrected chi connectivity index (χ2v) is 2.36. The van der Waals surface area contributed by atoms with Crippen molar-refractivity contribution in [3.05, 3.63) is 12.2 Å². The summed E-state index contributed by atoms with van der Waals surface area (Å²) in [4.78, 5) is 10.2. The average Bonchev–Trinajstić information content (AvgIpc) is 1.87. The standard InChI is InChI=1S/C8H14O3/c1-4-11-7(3)5-6(2)8(9)10/h7H,2,4-5H2,1,3H3,(H,9,10)/p-1. The summed E-state index contributed by atoms with van der Waals surface area (Å²) in [7, 11) is 0. The third kappa shape index (κ3) is 4.56. The highest BCUT2D eigenvalue weighted by Gasteiger charge is 2.03. The van der Waals surface area contributed by atoms with Gasteiger partial charge in [-0.3, -0.25) is 0 Å². The van der Waals surface area contributed by atoms with Gasteiger partial charge in [0.2, 0.25) is 0 Å². The lowest BCUT2D eigenvalue weighted by Crippen LogP contribution is -2.26. The van der Waals surface area contributed by atoms with Crippen LogP contribution in [0.1, 0.15) is 20.3 Å². The third-order valence-electron chi connectivity index (χ3n) is 1.27. The highest BCUT2D eigenvalue weighted by atomic mass is 16.5. The first-order valence-electron chi connectivity index (χ1n) is 3.58. The van der Waals surface area contributed by atoms with Crippen molar-refractivity contribution in [1.82, 2.24) is 0 Å². The Kier molecular flexibility index (Phi) is 4.54. The lowest BCUT2D eigenvalue weighted by atomic mass is 10.1. The number of ether oxygens (including phenoxy) is 1. The van der Waals surface area contributed by atoms with Crippen molar-refractivity contribution < 1.29 is 14.6 Å². The Labute approximate surface area is 66.7 Å². The topological polar surface area (TPSA) is 49.4 Å². The Balaban J connectivity index is 3.66. The quantitative estimate of drug-likeness (QED) is 0.532. The van der Waals surface area contributed by atoms with Gasteiger partial charge in [-0.2, -0.15) is 0 Å². The van der Waals surface area contributed by atoms with Crippen molar-refractivity contribution in [2.75, 3.05) is 6.61 Å². The van der Waals surface area contributed by atoms with Crippen LogP contribution in [0.15, 0.2) is 12.2 Å². The van der Waals surface area contributed by atoms with Crippen LogP contribution in [0.2, 0.25) is 0 Å². The van der Waals surface area contributed by atoms with Crippen LogP contribution in [-0.2, 0) is 9.53 Å². The molecule has 0 saturated carbocycles. The number of carbonyl (C=O) groups excluding carboxylic acids is 1. The number of hydrogen-bond acceptors (Lipinski definition) is 3. The van der Waals surface area contributed by atoms with E-state index >= 15 is 0 Å². The van der Waals surface area contributed by atoms with E-state index in [1.165, 1.54) is 0 Å². The van der Waals surface area contributed by atoms with Gasteiger partial charge in [0.1, 0.15) is 0 Å². The van der Waals surface area contributed by atoms with E-state index in [2.05, 4.69) is 6.58 Å². The van der Waals surface area contributed by atoms with E-state index in [9.17, 15) is 9.90 Å². The number of carboxylic acid groups (broad SMARTS) is 1. The molecular formula is C8H13O3-. The van der Waals surface area contributed by atoms with Gasteiger partial charge >= 0.3 is 0 Å². The van der Waals surface area contributed by atoms with Crippen LogP contribution in [0.3, 0.4) is 0 Å². The molecule has 0 aromatic heterocycles. The predicted molar refractivity (Wildman–Crippen MR) is 39.9 cm³/mol. The van der Waals surface area contributed by atoms with E-state index in [0.717, 1.165) is 0 Å². The summed E-state index contributed by atoms with van der Waals surface area (Å²) in [6.07, 6.45) is 0.237. The molecule has 11 heavy (non-hydrogen) atoms. The van der Waals surface area contributed by atoms with Crippen LogP contribution in [0.4, 0.5) is 0 Å². The number of rotatable bonds is 5. The zero-order valence-corrected chi connectivity index (χ0v) is 6.92. The smallest absolute Gasteiger partial charge is 0.0669 e. The van der Waals surface area contributed by atoms with Crippen molar-refractivity contribution in [3.63, 3.8) is 0 Å². The van der Waals surface area contributed by atoms with Gasteiger partial charge in [0.05, 0.1) is 12.1 Å². The lowest BCUT2D eigenvalue weighted by Gasteiger charge is -2.13. The minimum Gasteiger partial charge on any atom is -0.545 e. The maximum Gasteiger partial charge on any atom is 0.0669 e. The van der Waals surface area contributed by atoms with Gasteiger partial charge in [0, 0.05) is 6.61 Å². The fraction of sp³-hybridized carbons (Fsp3) is 0.625. The van der Waals surface area contributed by atoms with E-state index in [0.29, 0.717) is 13.0 Å². The van der Waals surface area contributed by atoms with Gasteiger partial charge in [-0.25, -0.2) is 0 Å². The summed E-state index contributed by atoms with van der Waals surface area (Å²) in [5.41, 5.74) is 0.0888. The van der Waals surface area contributed by atoms with Crippen LogP contribution in [0, 0.1) is 0 Å². The fourth-order valence-corrected chi connectivity index (χ4v) is 0.774. The van der Waals surface area contributed by atoms with E-state index in [4.69, 9.17) is 4.74 Å². The summed E-state index contributed by atoms with van der Waals surface area (Å²) >= 11 is 0. The van der Waals surface area contributed by atoms with E-state index in [-0.39, 0.29) is 11.7 Å². The first-order chi connectivity index (χ1) is 5.07. The summed E-state index contributed by atoms with van der Waals surface area (Å²) in [6.45, 7) is 7.58. The summed E-state index contributed by atoms with van der Waals surface area (Å²) in [5, 5.41) is 10.2. The Morgan fingerprint density at radius 3 is 2.64 bits per heavy atom. The Bertz CT molecular complexity index is 151. The molecule has 0 rings (SSSR count). The molecule has 1 unspecified atom stereocenters. The molecule has 0 bridgehead atoms. The molecule has 0 aliphatic carbocycles. The van der Waals surface area contributed by atoms with Crippen molar-refractivity contribution >= 4 is 5.97 Å². The molecule has 3 nitrogen and oxygen atoms in total. The molecule has 0 saturated heterocycles. The van der Waals surface area contributed by atoms with E-state index < -0.39 is 5.97 Å². The second-order valence-electron chi connectivity index (χ2n) is 2.36. The zero-order valence-electron chi connectivity index (χ0n) is 6.92. The van der Waals surface area contributed by atoms with Crippen molar-refractivity contribution in [2.45, 2.75) is 26.4 Å². The summed E-state index contributed by atoms with van der Waals surface area (Å²) < 4.78 is 5.11. The Morgan fingerprint density at radius 1 is 1.73 bits per heavy atom. The first kappa shape index (κ1) is 10.2. The minimum atomic E-state index is -1.20. The molecular weight excluding hydrogens is 144 g/mol. The normalized spacial score (nSPS) is 12.5. The molecule has 0 amide bonds. The molecule has 0 heterocycles. The Morgan fingerprint density at radius 2 is 2.27 bits per heavy atom. The van der Waals surface area contributed by atoms with Crippen LogP contribution in [-0.4, -0.2) is 18.7 Å². The number of carboxylic acids is 1. The largest absolute Gasteiger partial charge is 0.545 e. The van der Waals surface area contributed by atoms with E-state index in [1.807, 2.05) is 6.92 Å². The molecule has 3 heteroatoms. The molecule has 0 aliphatic heterocycles. The minimum absolute atomic E-state index is 0.0888. The van der Waals surface area contributed by atoms with Crippen molar-refractivity contribution in [2.24, 2.45) is 0 Å². The SMILES string of the molecule is C=C(CC(C)OCC)C(=O)[O-]. The van der Waals surface area contributed by atoms with E-state index in [1.54, 1.807) is 6.92 Å². The number of carbonyl (C=O) groups is 1. The van der Waals surface area contributed by atoms with Crippen LogP contribution >= 0.6 is 0 Å². The molecule has 0 aliphatic rings. The second kappa shape index (κ2) is 4.91. The van der Waals surface area contributed by atoms with Gasteiger partial charge in [0.15, 0.2) is 0 Å². The molecule has 0 spiro atoms. The van der Waals surface area contributed by atoms with Gasteiger partial charge in [-0.05, 0) is 25.8 Å². The fourth-order valence-electron chi connectivity index (χ4n) is 0.774. The van der Waals surface area contributed by atoms with Crippen LogP contribution < -0.4 is 5.11 Å². The number of aliphatic carboxylic acids is 1. The molecule has 64 valence electrons. The molecule has 0 fully saturated rings. The van der Waals surface area contributed by atoms with Gasteiger partial charge in [0.25, 0.3) is 0 Å². The summed E-state index contributed by atoms with van der Waals surface area (Å²) in [6, 6.07) is 0. The van der Waals surface area contributed by atoms with Crippen molar-refractivity contribution in [1.29, 1.82) is 0 Å². The maximum absolute atomic E-state index is 10.2. The lowest BCUT2D eigenvalue weighted by molar-refractivity contribution is -0.299. The van der Waals surface area contributed by atoms with Crippen LogP contribution in [0.25, 0.3) is 0 Å². The molecule has 0 aromatic rings. The monoisotopic (exact) mass is 157 g/mol. The Hall–Kier alpha value is -0.830. The average molecular weight is 157 g/mol. The first-order valence-corrected chi connectivity index (χ1v) is 3.58.